The fraction of sp³-hybridized carbons (Fsp3) is 0.688. The topological polar surface area (TPSA) is 213 Å². The third-order valence-electron chi connectivity index (χ3n) is 14.5. The molecule has 0 aromatic rings. The molecule has 3 aliphatic carbocycles. The normalized spacial score (nSPS) is 31.6. The molecule has 2 amide bonds. The number of piperidine rings is 3. The predicted octanol–water partition coefficient (Wildman–Crippen LogP) is 7.03. The van der Waals surface area contributed by atoms with E-state index in [-0.39, 0.29) is 58.2 Å². The van der Waals surface area contributed by atoms with Crippen molar-refractivity contribution in [2.24, 2.45) is 50.2 Å². The van der Waals surface area contributed by atoms with Crippen molar-refractivity contribution in [3.63, 3.8) is 0 Å². The molecule has 0 spiro atoms. The molecule has 0 saturated carbocycles. The van der Waals surface area contributed by atoms with Gasteiger partial charge in [0.1, 0.15) is 18.2 Å². The van der Waals surface area contributed by atoms with Crippen LogP contribution in [0.3, 0.4) is 0 Å². The Hall–Kier alpha value is -4.85. The number of fused-ring (bicyclic) bond motifs is 3. The number of alkyl halides is 3. The van der Waals surface area contributed by atoms with E-state index in [9.17, 15) is 52.5 Å². The first-order valence-corrected chi connectivity index (χ1v) is 21.8. The van der Waals surface area contributed by atoms with Crippen LogP contribution in [0.5, 0.6) is 0 Å². The fourth-order valence-electron chi connectivity index (χ4n) is 11.3. The molecular weight excluding hydrogens is 865 g/mol. The van der Waals surface area contributed by atoms with Crippen LogP contribution in [0.1, 0.15) is 102 Å². The number of nitrogens with one attached hydrogen (secondary N) is 1. The van der Waals surface area contributed by atoms with E-state index >= 15 is 0 Å². The molecule has 0 radical (unpaired) electrons. The summed E-state index contributed by atoms with van der Waals surface area (Å²) in [7, 11) is 0. The summed E-state index contributed by atoms with van der Waals surface area (Å²) in [5.41, 5.74) is -2.01. The zero-order valence-corrected chi connectivity index (χ0v) is 40.6. The molecule has 13 nitrogen and oxygen atoms in total. The van der Waals surface area contributed by atoms with E-state index < -0.39 is 63.4 Å². The number of ketones is 3. The number of rotatable bonds is 3. The standard InChI is InChI=1S/2C16H21FN2O2.C13H18N2O.C3H5FO2.ClH/c2*1-10(17)14(21)19-6-5-12-15(2,3)13(20)11(8-18)7-16(12,4)9-19;1-12(2)10-4-5-15-8-13(10,3)6-9(7-14)11(12)16;1-2(4)3(5)6;/h2*7,10,12H,5-6,9H2,1-4H3;6,10,15H,4-5,8H2,1-3H3;2H,1H3,(H,5,6);1H/t10-,12+,16-;10-,12-,16+;10-,13+;;/m011../s1. The molecule has 3 heterocycles. The van der Waals surface area contributed by atoms with Crippen molar-refractivity contribution in [1.29, 1.82) is 15.8 Å². The van der Waals surface area contributed by atoms with Crippen LogP contribution in [0.15, 0.2) is 34.9 Å². The molecular formula is C48H66ClF3N6O7. The van der Waals surface area contributed by atoms with E-state index in [1.165, 1.54) is 23.6 Å². The van der Waals surface area contributed by atoms with E-state index in [4.69, 9.17) is 10.4 Å². The Morgan fingerprint density at radius 3 is 1.18 bits per heavy atom. The van der Waals surface area contributed by atoms with Crippen molar-refractivity contribution in [1.82, 2.24) is 15.1 Å². The molecule has 3 saturated heterocycles. The van der Waals surface area contributed by atoms with Crippen molar-refractivity contribution in [2.75, 3.05) is 39.3 Å². The first kappa shape index (κ1) is 56.3. The lowest BCUT2D eigenvalue weighted by Crippen LogP contribution is -2.57. The number of carbonyl (C=O) groups is 6. The quantitative estimate of drug-likeness (QED) is 0.293. The van der Waals surface area contributed by atoms with Crippen molar-refractivity contribution < 1.29 is 47.0 Å². The molecule has 0 aromatic carbocycles. The minimum absolute atomic E-state index is 0. The third-order valence-corrected chi connectivity index (χ3v) is 14.5. The Bertz CT molecular complexity index is 2030. The zero-order valence-electron chi connectivity index (χ0n) is 39.7. The average Bonchev–Trinajstić information content (AvgIpc) is 3.21. The Morgan fingerprint density at radius 2 is 0.908 bits per heavy atom. The molecule has 65 heavy (non-hydrogen) atoms. The number of halogens is 4. The Balaban J connectivity index is 0.000000315. The van der Waals surface area contributed by atoms with Gasteiger partial charge in [-0.15, -0.1) is 12.4 Å². The highest BCUT2D eigenvalue weighted by atomic mass is 35.5. The zero-order chi connectivity index (χ0) is 49.1. The molecule has 1 unspecified atom stereocenters. The fourth-order valence-corrected chi connectivity index (χ4v) is 11.3. The van der Waals surface area contributed by atoms with Crippen LogP contribution in [0, 0.1) is 84.2 Å². The number of nitrogens with zero attached hydrogens (tertiary/aromatic N) is 5. The maximum absolute atomic E-state index is 13.3. The molecule has 6 rings (SSSR count). The van der Waals surface area contributed by atoms with Gasteiger partial charge in [0.2, 0.25) is 0 Å². The van der Waals surface area contributed by atoms with Gasteiger partial charge in [-0.05, 0) is 64.3 Å². The largest absolute Gasteiger partial charge is 0.479 e. The Kier molecular flexibility index (Phi) is 18.0. The molecule has 3 fully saturated rings. The number of aliphatic carboxylic acids is 1. The van der Waals surface area contributed by atoms with Gasteiger partial charge < -0.3 is 20.2 Å². The summed E-state index contributed by atoms with van der Waals surface area (Å²) in [6.07, 6.45) is 2.77. The van der Waals surface area contributed by atoms with Crippen molar-refractivity contribution >= 4 is 47.5 Å². The number of nitriles is 3. The van der Waals surface area contributed by atoms with Crippen LogP contribution in [-0.2, 0) is 28.8 Å². The first-order valence-electron chi connectivity index (χ1n) is 21.8. The van der Waals surface area contributed by atoms with Crippen LogP contribution in [0.2, 0.25) is 0 Å². The summed E-state index contributed by atoms with van der Waals surface area (Å²) < 4.78 is 37.8. The molecule has 9 atom stereocenters. The van der Waals surface area contributed by atoms with Gasteiger partial charge in [0, 0.05) is 65.2 Å². The number of amides is 2. The molecule has 2 N–H and O–H groups in total. The second kappa shape index (κ2) is 20.8. The summed E-state index contributed by atoms with van der Waals surface area (Å²) in [6.45, 7) is 24.3. The van der Waals surface area contributed by atoms with Crippen molar-refractivity contribution in [3.8, 4) is 18.2 Å². The van der Waals surface area contributed by atoms with E-state index in [0.717, 1.165) is 26.4 Å². The monoisotopic (exact) mass is 930 g/mol. The van der Waals surface area contributed by atoms with Crippen LogP contribution >= 0.6 is 12.4 Å². The number of carbonyl (C=O) groups excluding carboxylic acids is 5. The Labute approximate surface area is 387 Å². The van der Waals surface area contributed by atoms with Crippen LogP contribution in [0.4, 0.5) is 13.2 Å². The lowest BCUT2D eigenvalue weighted by molar-refractivity contribution is -0.145. The molecule has 0 bridgehead atoms. The summed E-state index contributed by atoms with van der Waals surface area (Å²) in [5, 5.41) is 38.4. The number of likely N-dealkylation sites (tertiary alicyclic amines) is 2. The number of allylic oxidation sites excluding steroid dienone is 3. The van der Waals surface area contributed by atoms with Gasteiger partial charge in [-0.25, -0.2) is 18.0 Å². The lowest BCUT2D eigenvalue weighted by atomic mass is 9.55. The van der Waals surface area contributed by atoms with Gasteiger partial charge in [-0.3, -0.25) is 24.0 Å². The SMILES string of the molecule is CC(F)C(=O)O.CC1(C)C(=O)C(C#N)=C[C@@]2(C)CNCC[C@H]12.C[C@@H](F)C(=O)N1CC[C@@H]2C(C)(C)C(=O)C(C#N)=C[C@@]2(C)C1.C[C@H](F)C(=O)N1CC[C@@H]2C(C)(C)C(=O)C(C#N)=C[C@@]2(C)C1.Cl. The molecule has 17 heteroatoms. The minimum Gasteiger partial charge on any atom is -0.479 e. The van der Waals surface area contributed by atoms with E-state index in [1.807, 2.05) is 73.6 Å². The molecule has 0 aromatic heterocycles. The lowest BCUT2D eigenvalue weighted by Gasteiger charge is -2.53. The van der Waals surface area contributed by atoms with E-state index in [2.05, 4.69) is 18.3 Å². The minimum atomic E-state index is -1.73. The average molecular weight is 932 g/mol. The number of hydrogen-bond acceptors (Lipinski definition) is 10. The maximum atomic E-state index is 13.3. The van der Waals surface area contributed by atoms with Gasteiger partial charge in [-0.1, -0.05) is 80.5 Å². The summed E-state index contributed by atoms with van der Waals surface area (Å²) >= 11 is 0. The molecule has 358 valence electrons. The summed E-state index contributed by atoms with van der Waals surface area (Å²) in [6, 6.07) is 5.99. The van der Waals surface area contributed by atoms with Gasteiger partial charge >= 0.3 is 5.97 Å². The number of hydrogen-bond donors (Lipinski definition) is 2. The highest BCUT2D eigenvalue weighted by Gasteiger charge is 2.56. The number of carboxylic acids is 1. The van der Waals surface area contributed by atoms with Crippen molar-refractivity contribution in [2.45, 2.75) is 121 Å². The Morgan fingerprint density at radius 1 is 0.615 bits per heavy atom. The van der Waals surface area contributed by atoms with Crippen molar-refractivity contribution in [3.05, 3.63) is 34.9 Å². The number of carboxylic acid groups (broad SMARTS) is 1. The summed E-state index contributed by atoms with van der Waals surface area (Å²) in [4.78, 5) is 73.0. The maximum Gasteiger partial charge on any atom is 0.337 e. The van der Waals surface area contributed by atoms with E-state index in [0.29, 0.717) is 50.5 Å². The smallest absolute Gasteiger partial charge is 0.337 e. The summed E-state index contributed by atoms with van der Waals surface area (Å²) in [5.74, 6) is -2.26. The number of Topliss-reactive ketones (excluding diaryl/α,β-unsaturated/α-hetero) is 3. The second-order valence-corrected chi connectivity index (χ2v) is 20.6. The van der Waals surface area contributed by atoms with Crippen LogP contribution in [-0.4, -0.2) is 108 Å². The van der Waals surface area contributed by atoms with Crippen LogP contribution in [0.25, 0.3) is 0 Å². The van der Waals surface area contributed by atoms with Gasteiger partial charge in [-0.2, -0.15) is 15.8 Å². The van der Waals surface area contributed by atoms with E-state index in [1.54, 1.807) is 12.2 Å². The molecule has 3 aliphatic heterocycles. The first-order chi connectivity index (χ1) is 29.3. The highest BCUT2D eigenvalue weighted by Crippen LogP contribution is 2.54. The third kappa shape index (κ3) is 11.4. The van der Waals surface area contributed by atoms with Gasteiger partial charge in [0.05, 0.1) is 16.7 Å². The predicted molar refractivity (Wildman–Crippen MR) is 239 cm³/mol. The van der Waals surface area contributed by atoms with Crippen LogP contribution < -0.4 is 5.32 Å². The van der Waals surface area contributed by atoms with Gasteiger partial charge in [0.15, 0.2) is 35.9 Å². The second-order valence-electron chi connectivity index (χ2n) is 20.6. The molecule has 6 aliphatic rings. The van der Waals surface area contributed by atoms with Gasteiger partial charge in [0.25, 0.3) is 11.8 Å². The highest BCUT2D eigenvalue weighted by molar-refractivity contribution is 6.05.